The number of nitrogens with zero attached hydrogens (tertiary/aromatic N) is 1. The van der Waals surface area contributed by atoms with Crippen molar-refractivity contribution in [2.75, 3.05) is 19.6 Å². The van der Waals surface area contributed by atoms with Gasteiger partial charge in [-0.25, -0.2) is 4.79 Å². The maximum atomic E-state index is 12.1. The van der Waals surface area contributed by atoms with E-state index in [4.69, 9.17) is 5.11 Å². The lowest BCUT2D eigenvalue weighted by atomic mass is 9.87. The molecule has 1 atom stereocenters. The molecule has 5 heteroatoms. The SMILES string of the molecule is O=C(O)CCC1CCN(C(=O)NCCC2CCCCC2)C1. The molecule has 2 amide bonds. The van der Waals surface area contributed by atoms with Crippen molar-refractivity contribution in [1.29, 1.82) is 0 Å². The Morgan fingerprint density at radius 3 is 2.52 bits per heavy atom. The second-order valence-corrected chi connectivity index (χ2v) is 6.56. The minimum Gasteiger partial charge on any atom is -0.481 e. The van der Waals surface area contributed by atoms with Gasteiger partial charge in [0.05, 0.1) is 0 Å². The van der Waals surface area contributed by atoms with E-state index in [0.29, 0.717) is 18.9 Å². The van der Waals surface area contributed by atoms with E-state index in [9.17, 15) is 9.59 Å². The highest BCUT2D eigenvalue weighted by Crippen LogP contribution is 2.26. The summed E-state index contributed by atoms with van der Waals surface area (Å²) in [5.41, 5.74) is 0. The van der Waals surface area contributed by atoms with Crippen LogP contribution in [0.4, 0.5) is 4.79 Å². The highest BCUT2D eigenvalue weighted by molar-refractivity contribution is 5.74. The number of hydrogen-bond acceptors (Lipinski definition) is 2. The molecule has 21 heavy (non-hydrogen) atoms. The van der Waals surface area contributed by atoms with Crippen LogP contribution in [-0.4, -0.2) is 41.6 Å². The van der Waals surface area contributed by atoms with Crippen molar-refractivity contribution >= 4 is 12.0 Å². The molecule has 0 bridgehead atoms. The number of likely N-dealkylation sites (tertiary alicyclic amines) is 1. The number of carbonyl (C=O) groups excluding carboxylic acids is 1. The normalized spacial score (nSPS) is 23.2. The molecule has 1 saturated heterocycles. The summed E-state index contributed by atoms with van der Waals surface area (Å²) in [6, 6.07) is 0.0311. The summed E-state index contributed by atoms with van der Waals surface area (Å²) in [6.07, 6.45) is 9.61. The van der Waals surface area contributed by atoms with Gasteiger partial charge in [-0.1, -0.05) is 32.1 Å². The lowest BCUT2D eigenvalue weighted by Gasteiger charge is -2.22. The average molecular weight is 296 g/mol. The Labute approximate surface area is 127 Å². The van der Waals surface area contributed by atoms with Gasteiger partial charge in [0.1, 0.15) is 0 Å². The maximum Gasteiger partial charge on any atom is 0.317 e. The molecule has 1 aliphatic carbocycles. The molecule has 5 nitrogen and oxygen atoms in total. The third-order valence-corrected chi connectivity index (χ3v) is 4.89. The summed E-state index contributed by atoms with van der Waals surface area (Å²) in [5.74, 6) is 0.400. The van der Waals surface area contributed by atoms with Crippen molar-refractivity contribution in [3.05, 3.63) is 0 Å². The van der Waals surface area contributed by atoms with Crippen LogP contribution in [0.25, 0.3) is 0 Å². The first-order valence-corrected chi connectivity index (χ1v) is 8.39. The van der Waals surface area contributed by atoms with Crippen LogP contribution in [0, 0.1) is 11.8 Å². The molecule has 2 aliphatic rings. The van der Waals surface area contributed by atoms with E-state index < -0.39 is 5.97 Å². The first kappa shape index (κ1) is 16.1. The van der Waals surface area contributed by atoms with Gasteiger partial charge in [-0.3, -0.25) is 4.79 Å². The van der Waals surface area contributed by atoms with Crippen molar-refractivity contribution < 1.29 is 14.7 Å². The molecular formula is C16H28N2O3. The molecule has 2 N–H and O–H groups in total. The Hall–Kier alpha value is -1.26. The van der Waals surface area contributed by atoms with Crippen LogP contribution in [0.1, 0.15) is 57.8 Å². The Morgan fingerprint density at radius 2 is 1.81 bits per heavy atom. The summed E-state index contributed by atoms with van der Waals surface area (Å²) in [5, 5.41) is 11.7. The standard InChI is InChI=1S/C16H28N2O3/c19-15(20)7-6-14-9-11-18(12-14)16(21)17-10-8-13-4-2-1-3-5-13/h13-14H,1-12H2,(H,17,21)(H,19,20). The summed E-state index contributed by atoms with van der Waals surface area (Å²) in [7, 11) is 0. The van der Waals surface area contributed by atoms with Crippen molar-refractivity contribution in [2.45, 2.75) is 57.8 Å². The van der Waals surface area contributed by atoms with Crippen molar-refractivity contribution in [1.82, 2.24) is 10.2 Å². The molecule has 0 aromatic heterocycles. The average Bonchev–Trinajstić information content (AvgIpc) is 2.95. The van der Waals surface area contributed by atoms with Gasteiger partial charge in [0.15, 0.2) is 0 Å². The van der Waals surface area contributed by atoms with Crippen LogP contribution >= 0.6 is 0 Å². The lowest BCUT2D eigenvalue weighted by molar-refractivity contribution is -0.137. The Bertz CT molecular complexity index is 353. The van der Waals surface area contributed by atoms with Gasteiger partial charge in [0, 0.05) is 26.1 Å². The smallest absolute Gasteiger partial charge is 0.317 e. The number of amides is 2. The molecule has 0 radical (unpaired) electrons. The molecule has 2 fully saturated rings. The number of hydrogen-bond donors (Lipinski definition) is 2. The van der Waals surface area contributed by atoms with Gasteiger partial charge in [0.25, 0.3) is 0 Å². The van der Waals surface area contributed by atoms with Crippen LogP contribution in [0.15, 0.2) is 0 Å². The third kappa shape index (κ3) is 5.56. The first-order valence-electron chi connectivity index (χ1n) is 8.39. The molecule has 2 rings (SSSR count). The lowest BCUT2D eigenvalue weighted by Crippen LogP contribution is -2.39. The molecule has 120 valence electrons. The van der Waals surface area contributed by atoms with E-state index in [1.165, 1.54) is 32.1 Å². The zero-order valence-electron chi connectivity index (χ0n) is 12.9. The predicted octanol–water partition coefficient (Wildman–Crippen LogP) is 2.85. The number of rotatable bonds is 6. The maximum absolute atomic E-state index is 12.1. The third-order valence-electron chi connectivity index (χ3n) is 4.89. The molecule has 1 unspecified atom stereocenters. The van der Waals surface area contributed by atoms with Crippen molar-refractivity contribution in [2.24, 2.45) is 11.8 Å². The number of urea groups is 1. The minimum absolute atomic E-state index is 0.0311. The minimum atomic E-state index is -0.745. The fourth-order valence-electron chi connectivity index (χ4n) is 3.55. The van der Waals surface area contributed by atoms with Crippen LogP contribution in [0.3, 0.4) is 0 Å². The van der Waals surface area contributed by atoms with Gasteiger partial charge < -0.3 is 15.3 Å². The van der Waals surface area contributed by atoms with Crippen LogP contribution in [-0.2, 0) is 4.79 Å². The van der Waals surface area contributed by atoms with Crippen LogP contribution in [0.5, 0.6) is 0 Å². The Balaban J connectivity index is 1.59. The largest absolute Gasteiger partial charge is 0.481 e. The molecule has 1 aliphatic heterocycles. The van der Waals surface area contributed by atoms with E-state index in [2.05, 4.69) is 5.32 Å². The highest BCUT2D eigenvalue weighted by Gasteiger charge is 2.26. The predicted molar refractivity (Wildman–Crippen MR) is 81.1 cm³/mol. The topological polar surface area (TPSA) is 69.6 Å². The number of carboxylic acids is 1. The number of carbonyl (C=O) groups is 2. The van der Waals surface area contributed by atoms with E-state index in [0.717, 1.165) is 31.8 Å². The van der Waals surface area contributed by atoms with Gasteiger partial charge in [0.2, 0.25) is 0 Å². The number of nitrogens with one attached hydrogen (secondary N) is 1. The first-order chi connectivity index (χ1) is 10.1. The van der Waals surface area contributed by atoms with Crippen molar-refractivity contribution in [3.8, 4) is 0 Å². The zero-order chi connectivity index (χ0) is 15.1. The second-order valence-electron chi connectivity index (χ2n) is 6.56. The molecule has 1 saturated carbocycles. The summed E-state index contributed by atoms with van der Waals surface area (Å²) >= 11 is 0. The summed E-state index contributed by atoms with van der Waals surface area (Å²) in [4.78, 5) is 24.5. The van der Waals surface area contributed by atoms with Crippen molar-refractivity contribution in [3.63, 3.8) is 0 Å². The van der Waals surface area contributed by atoms with Gasteiger partial charge >= 0.3 is 12.0 Å². The molecular weight excluding hydrogens is 268 g/mol. The molecule has 0 aromatic carbocycles. The Morgan fingerprint density at radius 1 is 1.05 bits per heavy atom. The summed E-state index contributed by atoms with van der Waals surface area (Å²) in [6.45, 7) is 2.25. The van der Waals surface area contributed by atoms with Gasteiger partial charge in [-0.2, -0.15) is 0 Å². The molecule has 0 aromatic rings. The molecule has 0 spiro atoms. The van der Waals surface area contributed by atoms with Gasteiger partial charge in [-0.15, -0.1) is 0 Å². The van der Waals surface area contributed by atoms with Gasteiger partial charge in [-0.05, 0) is 31.1 Å². The summed E-state index contributed by atoms with van der Waals surface area (Å²) < 4.78 is 0. The fraction of sp³-hybridized carbons (Fsp3) is 0.875. The molecule has 1 heterocycles. The Kier molecular flexibility index (Phi) is 6.33. The van der Waals surface area contributed by atoms with E-state index >= 15 is 0 Å². The highest BCUT2D eigenvalue weighted by atomic mass is 16.4. The van der Waals surface area contributed by atoms with E-state index in [-0.39, 0.29) is 12.5 Å². The van der Waals surface area contributed by atoms with Crippen LogP contribution < -0.4 is 5.32 Å². The number of carboxylic acid groups (broad SMARTS) is 1. The second kappa shape index (κ2) is 8.25. The number of aliphatic carboxylic acids is 1. The van der Waals surface area contributed by atoms with E-state index in [1.54, 1.807) is 0 Å². The zero-order valence-corrected chi connectivity index (χ0v) is 12.9. The van der Waals surface area contributed by atoms with E-state index in [1.807, 2.05) is 4.90 Å². The van der Waals surface area contributed by atoms with Crippen LogP contribution in [0.2, 0.25) is 0 Å². The quantitative estimate of drug-likeness (QED) is 0.792. The monoisotopic (exact) mass is 296 g/mol. The fourth-order valence-corrected chi connectivity index (χ4v) is 3.55.